The number of sulfone groups is 1. The summed E-state index contributed by atoms with van der Waals surface area (Å²) in [5.74, 6) is 2.49. The second-order valence-corrected chi connectivity index (χ2v) is 8.33. The van der Waals surface area contributed by atoms with Gasteiger partial charge in [-0.2, -0.15) is 11.8 Å². The standard InChI is InChI=1S/C13H21N3O2S2/c1-3-20(17,18)13-10-19-7-6-16(13)12-5-4-11(8-14-2)9-15-12/h4-5,9,13-14H,3,6-8,10H2,1-2H3. The second-order valence-electron chi connectivity index (χ2n) is 4.73. The molecule has 112 valence electrons. The lowest BCUT2D eigenvalue weighted by Crippen LogP contribution is -2.48. The second kappa shape index (κ2) is 6.78. The first kappa shape index (κ1) is 15.6. The Balaban J connectivity index is 2.23. The van der Waals surface area contributed by atoms with Crippen LogP contribution in [-0.2, 0) is 16.4 Å². The minimum atomic E-state index is -3.09. The van der Waals surface area contributed by atoms with E-state index < -0.39 is 15.2 Å². The van der Waals surface area contributed by atoms with Gasteiger partial charge in [0.15, 0.2) is 9.84 Å². The SMILES string of the molecule is CCS(=O)(=O)C1CSCCN1c1ccc(CNC)cn1. The number of pyridine rings is 1. The summed E-state index contributed by atoms with van der Waals surface area (Å²) in [5, 5.41) is 2.62. The maximum atomic E-state index is 12.2. The lowest BCUT2D eigenvalue weighted by atomic mass is 10.3. The van der Waals surface area contributed by atoms with Gasteiger partial charge in [0.25, 0.3) is 0 Å². The average molecular weight is 315 g/mol. The van der Waals surface area contributed by atoms with Crippen LogP contribution in [0.2, 0.25) is 0 Å². The highest BCUT2D eigenvalue weighted by atomic mass is 32.2. The average Bonchev–Trinajstić information content (AvgIpc) is 2.48. The van der Waals surface area contributed by atoms with Crippen LogP contribution in [0.3, 0.4) is 0 Å². The van der Waals surface area contributed by atoms with Crippen molar-refractivity contribution < 1.29 is 8.42 Å². The number of rotatable bonds is 5. The molecule has 0 bridgehead atoms. The van der Waals surface area contributed by atoms with E-state index in [2.05, 4.69) is 10.3 Å². The van der Waals surface area contributed by atoms with E-state index in [1.165, 1.54) is 0 Å². The third-order valence-electron chi connectivity index (χ3n) is 3.39. The first-order valence-electron chi connectivity index (χ1n) is 6.74. The highest BCUT2D eigenvalue weighted by Gasteiger charge is 2.33. The summed E-state index contributed by atoms with van der Waals surface area (Å²) in [6.45, 7) is 3.20. The monoisotopic (exact) mass is 315 g/mol. The Kier molecular flexibility index (Phi) is 5.29. The molecule has 2 rings (SSSR count). The van der Waals surface area contributed by atoms with Crippen molar-refractivity contribution in [3.8, 4) is 0 Å². The Morgan fingerprint density at radius 1 is 1.50 bits per heavy atom. The lowest BCUT2D eigenvalue weighted by Gasteiger charge is -2.35. The molecule has 1 fully saturated rings. The molecule has 1 aliphatic heterocycles. The molecule has 1 aromatic rings. The molecule has 5 nitrogen and oxygen atoms in total. The molecule has 0 aromatic carbocycles. The molecule has 1 unspecified atom stereocenters. The van der Waals surface area contributed by atoms with Gasteiger partial charge >= 0.3 is 0 Å². The van der Waals surface area contributed by atoms with Crippen LogP contribution in [-0.4, -0.2) is 49.6 Å². The van der Waals surface area contributed by atoms with Gasteiger partial charge in [-0.05, 0) is 18.7 Å². The van der Waals surface area contributed by atoms with E-state index >= 15 is 0 Å². The smallest absolute Gasteiger partial charge is 0.171 e. The molecule has 1 N–H and O–H groups in total. The lowest BCUT2D eigenvalue weighted by molar-refractivity contribution is 0.579. The molecular formula is C13H21N3O2S2. The summed E-state index contributed by atoms with van der Waals surface area (Å²) in [6.07, 6.45) is 1.81. The third-order valence-corrected chi connectivity index (χ3v) is 6.67. The summed E-state index contributed by atoms with van der Waals surface area (Å²) in [4.78, 5) is 6.36. The molecule has 1 aliphatic rings. The Hall–Kier alpha value is -0.790. The Labute approximate surface area is 125 Å². The van der Waals surface area contributed by atoms with Crippen molar-refractivity contribution in [1.82, 2.24) is 10.3 Å². The van der Waals surface area contributed by atoms with Crippen molar-refractivity contribution in [1.29, 1.82) is 0 Å². The summed E-state index contributed by atoms with van der Waals surface area (Å²) >= 11 is 1.70. The molecule has 0 spiro atoms. The summed E-state index contributed by atoms with van der Waals surface area (Å²) < 4.78 is 24.4. The normalized spacial score (nSPS) is 20.1. The molecule has 2 heterocycles. The number of nitrogens with zero attached hydrogens (tertiary/aromatic N) is 2. The number of anilines is 1. The minimum Gasteiger partial charge on any atom is -0.338 e. The molecule has 0 saturated carbocycles. The van der Waals surface area contributed by atoms with Crippen LogP contribution in [0.15, 0.2) is 18.3 Å². The van der Waals surface area contributed by atoms with Crippen LogP contribution in [0, 0.1) is 0 Å². The van der Waals surface area contributed by atoms with Gasteiger partial charge in [-0.3, -0.25) is 0 Å². The molecule has 0 radical (unpaired) electrons. The summed E-state index contributed by atoms with van der Waals surface area (Å²) in [6, 6.07) is 3.91. The maximum Gasteiger partial charge on any atom is 0.171 e. The minimum absolute atomic E-state index is 0.173. The van der Waals surface area contributed by atoms with Gasteiger partial charge in [-0.15, -0.1) is 0 Å². The van der Waals surface area contributed by atoms with Gasteiger partial charge in [0.2, 0.25) is 0 Å². The van der Waals surface area contributed by atoms with Gasteiger partial charge in [-0.25, -0.2) is 13.4 Å². The number of nitrogens with one attached hydrogen (secondary N) is 1. The fraction of sp³-hybridized carbons (Fsp3) is 0.615. The number of hydrogen-bond acceptors (Lipinski definition) is 6. The van der Waals surface area contributed by atoms with E-state index in [0.29, 0.717) is 5.75 Å². The fourth-order valence-electron chi connectivity index (χ4n) is 2.23. The molecule has 7 heteroatoms. The first-order chi connectivity index (χ1) is 9.58. The van der Waals surface area contributed by atoms with Crippen LogP contribution in [0.25, 0.3) is 0 Å². The maximum absolute atomic E-state index is 12.2. The molecule has 1 saturated heterocycles. The molecule has 0 amide bonds. The van der Waals surface area contributed by atoms with Crippen molar-refractivity contribution >= 4 is 27.4 Å². The molecule has 1 aromatic heterocycles. The van der Waals surface area contributed by atoms with E-state index in [-0.39, 0.29) is 5.75 Å². The number of aromatic nitrogens is 1. The van der Waals surface area contributed by atoms with Gasteiger partial charge in [0, 0.05) is 36.5 Å². The fourth-order valence-corrected chi connectivity index (χ4v) is 5.21. The largest absolute Gasteiger partial charge is 0.338 e. The predicted molar refractivity (Wildman–Crippen MR) is 84.9 cm³/mol. The van der Waals surface area contributed by atoms with Crippen LogP contribution < -0.4 is 10.2 Å². The van der Waals surface area contributed by atoms with Crippen molar-refractivity contribution in [2.45, 2.75) is 18.8 Å². The molecule has 1 atom stereocenters. The van der Waals surface area contributed by atoms with Gasteiger partial charge in [0.1, 0.15) is 11.2 Å². The predicted octanol–water partition coefficient (Wildman–Crippen LogP) is 1.11. The van der Waals surface area contributed by atoms with Gasteiger partial charge in [0.05, 0.1) is 0 Å². The van der Waals surface area contributed by atoms with E-state index in [4.69, 9.17) is 0 Å². The van der Waals surface area contributed by atoms with Gasteiger partial charge < -0.3 is 10.2 Å². The number of hydrogen-bond donors (Lipinski definition) is 1. The molecule has 20 heavy (non-hydrogen) atoms. The molecular weight excluding hydrogens is 294 g/mol. The quantitative estimate of drug-likeness (QED) is 0.878. The Morgan fingerprint density at radius 2 is 2.30 bits per heavy atom. The third kappa shape index (κ3) is 3.45. The zero-order valence-corrected chi connectivity index (χ0v) is 13.5. The Morgan fingerprint density at radius 3 is 2.90 bits per heavy atom. The van der Waals surface area contributed by atoms with E-state index in [9.17, 15) is 8.42 Å². The van der Waals surface area contributed by atoms with E-state index in [1.807, 2.05) is 30.3 Å². The van der Waals surface area contributed by atoms with Crippen LogP contribution in [0.4, 0.5) is 5.82 Å². The van der Waals surface area contributed by atoms with E-state index in [0.717, 1.165) is 30.2 Å². The zero-order chi connectivity index (χ0) is 14.6. The van der Waals surface area contributed by atoms with Crippen molar-refractivity contribution in [3.63, 3.8) is 0 Å². The summed E-state index contributed by atoms with van der Waals surface area (Å²) in [5.41, 5.74) is 1.09. The highest BCUT2D eigenvalue weighted by Crippen LogP contribution is 2.26. The number of thioether (sulfide) groups is 1. The van der Waals surface area contributed by atoms with Crippen molar-refractivity contribution in [3.05, 3.63) is 23.9 Å². The molecule has 0 aliphatic carbocycles. The van der Waals surface area contributed by atoms with Crippen molar-refractivity contribution in [2.75, 3.05) is 35.8 Å². The van der Waals surface area contributed by atoms with E-state index in [1.54, 1.807) is 18.7 Å². The zero-order valence-electron chi connectivity index (χ0n) is 11.9. The van der Waals surface area contributed by atoms with Crippen LogP contribution in [0.1, 0.15) is 12.5 Å². The van der Waals surface area contributed by atoms with Crippen LogP contribution in [0.5, 0.6) is 0 Å². The van der Waals surface area contributed by atoms with Crippen LogP contribution >= 0.6 is 11.8 Å². The highest BCUT2D eigenvalue weighted by molar-refractivity contribution is 8.01. The first-order valence-corrected chi connectivity index (χ1v) is 9.61. The van der Waals surface area contributed by atoms with Gasteiger partial charge in [-0.1, -0.05) is 13.0 Å². The Bertz CT molecular complexity index is 531. The summed E-state index contributed by atoms with van der Waals surface area (Å²) in [7, 11) is -1.20. The topological polar surface area (TPSA) is 62.3 Å². The van der Waals surface area contributed by atoms with Crippen molar-refractivity contribution in [2.24, 2.45) is 0 Å².